The summed E-state index contributed by atoms with van der Waals surface area (Å²) in [5, 5.41) is 0. The van der Waals surface area contributed by atoms with Gasteiger partial charge in [-0.2, -0.15) is 0 Å². The van der Waals surface area contributed by atoms with Gasteiger partial charge in [-0.05, 0) is 18.8 Å². The zero-order chi connectivity index (χ0) is 7.98. The molecule has 0 unspecified atom stereocenters. The molecule has 0 N–H and O–H groups in total. The first kappa shape index (κ1) is 9.67. The lowest BCUT2D eigenvalue weighted by molar-refractivity contribution is 0.474. The summed E-state index contributed by atoms with van der Waals surface area (Å²) in [6, 6.07) is 0. The van der Waals surface area contributed by atoms with Crippen LogP contribution in [0.25, 0.3) is 0 Å². The molecule has 0 radical (unpaired) electrons. The van der Waals surface area contributed by atoms with Crippen LogP contribution in [0.1, 0.15) is 39.5 Å². The van der Waals surface area contributed by atoms with Crippen molar-refractivity contribution >= 4 is 0 Å². The van der Waals surface area contributed by atoms with Crippen molar-refractivity contribution in [3.05, 3.63) is 12.4 Å². The molecule has 0 aliphatic heterocycles. The summed E-state index contributed by atoms with van der Waals surface area (Å²) < 4.78 is 12.1. The molecule has 0 aromatic rings. The van der Waals surface area contributed by atoms with Crippen molar-refractivity contribution in [1.82, 2.24) is 0 Å². The molecule has 0 spiro atoms. The van der Waals surface area contributed by atoms with Gasteiger partial charge in [-0.15, -0.1) is 0 Å². The third kappa shape index (κ3) is 5.80. The van der Waals surface area contributed by atoms with Gasteiger partial charge < -0.3 is 0 Å². The maximum absolute atomic E-state index is 12.1. The van der Waals surface area contributed by atoms with Crippen molar-refractivity contribution in [2.45, 2.75) is 39.5 Å². The molecule has 0 aliphatic rings. The SMILES string of the molecule is C=C(F)CCC[C@H](C)CC. The summed E-state index contributed by atoms with van der Waals surface area (Å²) in [7, 11) is 0. The fourth-order valence-corrected chi connectivity index (χ4v) is 0.846. The number of halogens is 1. The molecule has 0 aliphatic carbocycles. The Morgan fingerprint density at radius 2 is 2.20 bits per heavy atom. The predicted octanol–water partition coefficient (Wildman–Crippen LogP) is 3.69. The Bertz CT molecular complexity index is 96.9. The zero-order valence-corrected chi connectivity index (χ0v) is 6.99. The molecule has 1 heteroatoms. The van der Waals surface area contributed by atoms with Crippen LogP contribution < -0.4 is 0 Å². The molecule has 10 heavy (non-hydrogen) atoms. The van der Waals surface area contributed by atoms with Crippen molar-refractivity contribution in [3.8, 4) is 0 Å². The molecule has 0 heterocycles. The van der Waals surface area contributed by atoms with Crippen LogP contribution in [0.2, 0.25) is 0 Å². The van der Waals surface area contributed by atoms with Gasteiger partial charge in [-0.3, -0.25) is 0 Å². The Balaban J connectivity index is 3.11. The number of hydrogen-bond acceptors (Lipinski definition) is 0. The van der Waals surface area contributed by atoms with E-state index in [0.717, 1.165) is 18.8 Å². The second-order valence-electron chi connectivity index (χ2n) is 2.92. The van der Waals surface area contributed by atoms with Crippen LogP contribution in [0.4, 0.5) is 4.39 Å². The quantitative estimate of drug-likeness (QED) is 0.552. The van der Waals surface area contributed by atoms with Crippen molar-refractivity contribution in [3.63, 3.8) is 0 Å². The van der Waals surface area contributed by atoms with E-state index in [9.17, 15) is 4.39 Å². The molecule has 0 saturated carbocycles. The van der Waals surface area contributed by atoms with E-state index in [1.807, 2.05) is 0 Å². The van der Waals surface area contributed by atoms with Crippen LogP contribution in [0, 0.1) is 5.92 Å². The van der Waals surface area contributed by atoms with Crippen LogP contribution in [0.3, 0.4) is 0 Å². The van der Waals surface area contributed by atoms with E-state index in [4.69, 9.17) is 0 Å². The van der Waals surface area contributed by atoms with E-state index in [1.165, 1.54) is 6.42 Å². The topological polar surface area (TPSA) is 0 Å². The Morgan fingerprint density at radius 3 is 2.60 bits per heavy atom. The van der Waals surface area contributed by atoms with Gasteiger partial charge in [0.25, 0.3) is 0 Å². The molecule has 0 bridgehead atoms. The van der Waals surface area contributed by atoms with Gasteiger partial charge in [0.15, 0.2) is 0 Å². The lowest BCUT2D eigenvalue weighted by Gasteiger charge is -2.05. The normalized spacial score (nSPS) is 13.1. The summed E-state index contributed by atoms with van der Waals surface area (Å²) in [6.07, 6.45) is 3.81. The highest BCUT2D eigenvalue weighted by Gasteiger charge is 1.98. The summed E-state index contributed by atoms with van der Waals surface area (Å²) in [5.74, 6) is 0.558. The minimum Gasteiger partial charge on any atom is -0.212 e. The number of rotatable bonds is 5. The first-order valence-corrected chi connectivity index (χ1v) is 4.00. The lowest BCUT2D eigenvalue weighted by atomic mass is 10.0. The van der Waals surface area contributed by atoms with Gasteiger partial charge in [0, 0.05) is 0 Å². The standard InChI is InChI=1S/C9H17F/c1-4-8(2)6-5-7-9(3)10/h8H,3-7H2,1-2H3/t8-/m1/s1. The zero-order valence-electron chi connectivity index (χ0n) is 6.99. The van der Waals surface area contributed by atoms with Crippen LogP contribution in [0.15, 0.2) is 12.4 Å². The van der Waals surface area contributed by atoms with E-state index in [-0.39, 0.29) is 5.83 Å². The Morgan fingerprint density at radius 1 is 1.60 bits per heavy atom. The molecule has 0 nitrogen and oxygen atoms in total. The van der Waals surface area contributed by atoms with Gasteiger partial charge >= 0.3 is 0 Å². The van der Waals surface area contributed by atoms with Gasteiger partial charge in [0.1, 0.15) is 0 Å². The molecule has 0 aromatic heterocycles. The minimum atomic E-state index is -0.177. The van der Waals surface area contributed by atoms with E-state index in [0.29, 0.717) is 6.42 Å². The maximum Gasteiger partial charge on any atom is 0.0928 e. The average Bonchev–Trinajstić information content (AvgIpc) is 1.87. The summed E-state index contributed by atoms with van der Waals surface area (Å²) in [4.78, 5) is 0. The van der Waals surface area contributed by atoms with E-state index < -0.39 is 0 Å². The van der Waals surface area contributed by atoms with Crippen LogP contribution in [0.5, 0.6) is 0 Å². The second kappa shape index (κ2) is 5.45. The summed E-state index contributed by atoms with van der Waals surface area (Å²) >= 11 is 0. The predicted molar refractivity (Wildman–Crippen MR) is 43.6 cm³/mol. The third-order valence-corrected chi connectivity index (χ3v) is 1.84. The van der Waals surface area contributed by atoms with E-state index in [2.05, 4.69) is 20.4 Å². The molecular formula is C9H17F. The average molecular weight is 144 g/mol. The molecular weight excluding hydrogens is 127 g/mol. The van der Waals surface area contributed by atoms with Gasteiger partial charge in [-0.25, -0.2) is 4.39 Å². The third-order valence-electron chi connectivity index (χ3n) is 1.84. The fraction of sp³-hybridized carbons (Fsp3) is 0.778. The Hall–Kier alpha value is -0.330. The van der Waals surface area contributed by atoms with E-state index in [1.54, 1.807) is 0 Å². The van der Waals surface area contributed by atoms with Crippen molar-refractivity contribution in [2.75, 3.05) is 0 Å². The molecule has 0 fully saturated rings. The lowest BCUT2D eigenvalue weighted by Crippen LogP contribution is -1.91. The second-order valence-corrected chi connectivity index (χ2v) is 2.92. The molecule has 60 valence electrons. The fourth-order valence-electron chi connectivity index (χ4n) is 0.846. The summed E-state index contributed by atoms with van der Waals surface area (Å²) in [6.45, 7) is 7.57. The van der Waals surface area contributed by atoms with Gasteiger partial charge in [-0.1, -0.05) is 33.3 Å². The molecule has 1 atom stereocenters. The minimum absolute atomic E-state index is 0.177. The monoisotopic (exact) mass is 144 g/mol. The maximum atomic E-state index is 12.1. The smallest absolute Gasteiger partial charge is 0.0928 e. The summed E-state index contributed by atoms with van der Waals surface area (Å²) in [5.41, 5.74) is 0. The Kier molecular flexibility index (Phi) is 5.27. The highest BCUT2D eigenvalue weighted by atomic mass is 19.1. The largest absolute Gasteiger partial charge is 0.212 e. The van der Waals surface area contributed by atoms with Crippen molar-refractivity contribution < 1.29 is 4.39 Å². The molecule has 0 rings (SSSR count). The van der Waals surface area contributed by atoms with Crippen molar-refractivity contribution in [1.29, 1.82) is 0 Å². The van der Waals surface area contributed by atoms with Crippen LogP contribution >= 0.6 is 0 Å². The number of allylic oxidation sites excluding steroid dienone is 1. The van der Waals surface area contributed by atoms with Gasteiger partial charge in [0.05, 0.1) is 5.83 Å². The van der Waals surface area contributed by atoms with Crippen LogP contribution in [-0.4, -0.2) is 0 Å². The van der Waals surface area contributed by atoms with Crippen LogP contribution in [-0.2, 0) is 0 Å². The number of hydrogen-bond donors (Lipinski definition) is 0. The highest BCUT2D eigenvalue weighted by molar-refractivity contribution is 4.78. The Labute approximate surface area is 63.1 Å². The molecule has 0 aromatic carbocycles. The first-order valence-electron chi connectivity index (χ1n) is 4.00. The first-order chi connectivity index (χ1) is 4.66. The highest BCUT2D eigenvalue weighted by Crippen LogP contribution is 2.13. The molecule has 0 amide bonds. The van der Waals surface area contributed by atoms with Crippen molar-refractivity contribution in [2.24, 2.45) is 5.92 Å². The molecule has 0 saturated heterocycles. The van der Waals surface area contributed by atoms with E-state index >= 15 is 0 Å². The van der Waals surface area contributed by atoms with Gasteiger partial charge in [0.2, 0.25) is 0 Å².